The van der Waals surface area contributed by atoms with Crippen molar-refractivity contribution in [1.29, 1.82) is 0 Å². The molecule has 0 saturated carbocycles. The number of hydrogen-bond acceptors (Lipinski definition) is 5. The quantitative estimate of drug-likeness (QED) is 0.422. The smallest absolute Gasteiger partial charge is 0.183 e. The molecule has 0 aliphatic carbocycles. The van der Waals surface area contributed by atoms with E-state index >= 15 is 0 Å². The average Bonchev–Trinajstić information content (AvgIpc) is 3.42. The van der Waals surface area contributed by atoms with Crippen molar-refractivity contribution in [2.75, 3.05) is 0 Å². The average molecular weight is 423 g/mol. The molecule has 0 spiro atoms. The van der Waals surface area contributed by atoms with Gasteiger partial charge in [0.2, 0.25) is 0 Å². The zero-order valence-electron chi connectivity index (χ0n) is 17.4. The minimum absolute atomic E-state index is 0.256. The molecule has 2 radical (unpaired) electrons. The molecule has 0 aliphatic rings. The van der Waals surface area contributed by atoms with Crippen molar-refractivity contribution in [2.45, 2.75) is 20.0 Å². The Kier molecular flexibility index (Phi) is 5.24. The number of halogens is 1. The molecule has 0 unspecified atom stereocenters. The maximum absolute atomic E-state index is 14.0. The van der Waals surface area contributed by atoms with E-state index in [4.69, 9.17) is 13.0 Å². The van der Waals surface area contributed by atoms with Gasteiger partial charge in [-0.15, -0.1) is 0 Å². The number of benzene rings is 1. The summed E-state index contributed by atoms with van der Waals surface area (Å²) in [6.45, 7) is 2.50. The van der Waals surface area contributed by atoms with Gasteiger partial charge in [-0.05, 0) is 37.3 Å². The van der Waals surface area contributed by atoms with Crippen LogP contribution in [0, 0.1) is 12.7 Å². The van der Waals surface area contributed by atoms with E-state index in [9.17, 15) is 4.39 Å². The highest BCUT2D eigenvalue weighted by Gasteiger charge is 2.17. The Morgan fingerprint density at radius 2 is 1.91 bits per heavy atom. The molecule has 0 atom stereocenters. The van der Waals surface area contributed by atoms with E-state index in [-0.39, 0.29) is 12.4 Å². The topological polar surface area (TPSA) is 75.0 Å². The molecule has 1 aromatic carbocycles. The van der Waals surface area contributed by atoms with Gasteiger partial charge in [0.25, 0.3) is 0 Å². The summed E-state index contributed by atoms with van der Waals surface area (Å²) in [5.74, 6) is 0.365. The van der Waals surface area contributed by atoms with Crippen LogP contribution >= 0.6 is 0 Å². The van der Waals surface area contributed by atoms with Crippen LogP contribution in [-0.2, 0) is 13.1 Å². The molecular formula is C23H19BFN7. The number of aryl methyl sites for hydroxylation is 1. The second-order valence-corrected chi connectivity index (χ2v) is 7.55. The monoisotopic (exact) mass is 423 g/mol. The first-order valence-corrected chi connectivity index (χ1v) is 10.1. The third-order valence-corrected chi connectivity index (χ3v) is 5.13. The molecule has 4 aromatic heterocycles. The Labute approximate surface area is 185 Å². The first kappa shape index (κ1) is 20.1. The third-order valence-electron chi connectivity index (χ3n) is 5.13. The van der Waals surface area contributed by atoms with Crippen LogP contribution in [0.25, 0.3) is 28.3 Å². The van der Waals surface area contributed by atoms with Gasteiger partial charge in [-0.2, -0.15) is 5.10 Å². The summed E-state index contributed by atoms with van der Waals surface area (Å²) in [4.78, 5) is 18.5. The minimum atomic E-state index is -0.283. The van der Waals surface area contributed by atoms with Gasteiger partial charge in [-0.1, -0.05) is 24.3 Å². The molecule has 5 aromatic rings. The summed E-state index contributed by atoms with van der Waals surface area (Å²) in [6, 6.07) is 16.3. The van der Waals surface area contributed by atoms with Crippen molar-refractivity contribution in [1.82, 2.24) is 34.4 Å². The van der Waals surface area contributed by atoms with Crippen LogP contribution in [0.1, 0.15) is 17.1 Å². The van der Waals surface area contributed by atoms with Crippen molar-refractivity contribution in [3.63, 3.8) is 0 Å². The van der Waals surface area contributed by atoms with Gasteiger partial charge < -0.3 is 9.79 Å². The Hall–Kier alpha value is -3.85. The van der Waals surface area contributed by atoms with Crippen LogP contribution in [0.5, 0.6) is 0 Å². The Morgan fingerprint density at radius 1 is 1.03 bits per heavy atom. The van der Waals surface area contributed by atoms with Gasteiger partial charge in [0.1, 0.15) is 18.0 Å². The normalized spacial score (nSPS) is 11.5. The molecule has 5 rings (SSSR count). The van der Waals surface area contributed by atoms with E-state index in [1.807, 2.05) is 43.5 Å². The van der Waals surface area contributed by atoms with Crippen LogP contribution in [-0.4, -0.2) is 42.3 Å². The van der Waals surface area contributed by atoms with Crippen molar-refractivity contribution in [3.8, 4) is 22.6 Å². The molecule has 4 heterocycles. The van der Waals surface area contributed by atoms with E-state index in [0.717, 1.165) is 34.0 Å². The van der Waals surface area contributed by atoms with E-state index in [2.05, 4.69) is 20.1 Å². The Morgan fingerprint density at radius 3 is 2.75 bits per heavy atom. The van der Waals surface area contributed by atoms with Crippen molar-refractivity contribution in [3.05, 3.63) is 90.0 Å². The van der Waals surface area contributed by atoms with Crippen LogP contribution < -0.4 is 0 Å². The highest BCUT2D eigenvalue weighted by Crippen LogP contribution is 2.29. The summed E-state index contributed by atoms with van der Waals surface area (Å²) in [5.41, 5.74) is 5.32. The zero-order valence-corrected chi connectivity index (χ0v) is 17.4. The second kappa shape index (κ2) is 8.35. The SMILES string of the molecule is [B]N(Cc1nc(-c2ccc3ncnn3c2)c(-c2cccc(C)n2)[nH]1)Cc1ccccc1F. The molecule has 7 nitrogen and oxygen atoms in total. The van der Waals surface area contributed by atoms with Crippen molar-refractivity contribution >= 4 is 13.6 Å². The van der Waals surface area contributed by atoms with Crippen LogP contribution in [0.15, 0.2) is 67.1 Å². The lowest BCUT2D eigenvalue weighted by atomic mass is 10.1. The molecular weight excluding hydrogens is 404 g/mol. The summed E-state index contributed by atoms with van der Waals surface area (Å²) >= 11 is 0. The number of fused-ring (bicyclic) bond motifs is 1. The zero-order chi connectivity index (χ0) is 22.1. The van der Waals surface area contributed by atoms with E-state index < -0.39 is 0 Å². The number of aromatic amines is 1. The minimum Gasteiger partial charge on any atom is -0.344 e. The number of rotatable bonds is 6. The maximum Gasteiger partial charge on any atom is 0.183 e. The molecule has 156 valence electrons. The number of H-pyrrole nitrogens is 1. The lowest BCUT2D eigenvalue weighted by Crippen LogP contribution is -2.20. The molecule has 0 saturated heterocycles. The number of pyridine rings is 2. The maximum atomic E-state index is 14.0. The number of nitrogens with one attached hydrogen (secondary N) is 1. The highest BCUT2D eigenvalue weighted by molar-refractivity contribution is 6.04. The van der Waals surface area contributed by atoms with Crippen LogP contribution in [0.4, 0.5) is 4.39 Å². The van der Waals surface area contributed by atoms with Crippen molar-refractivity contribution < 1.29 is 4.39 Å². The van der Waals surface area contributed by atoms with Crippen molar-refractivity contribution in [2.24, 2.45) is 0 Å². The number of nitrogens with zero attached hydrogens (tertiary/aromatic N) is 6. The number of imidazole rings is 1. The third kappa shape index (κ3) is 4.02. The number of hydrogen-bond donors (Lipinski definition) is 1. The fraction of sp³-hybridized carbons (Fsp3) is 0.130. The summed E-state index contributed by atoms with van der Waals surface area (Å²) in [7, 11) is 6.20. The standard InChI is InChI=1S/C23H19BFN7/c1-15-5-4-8-19(28-15)23-22(17-9-10-21-26-14-27-32(21)12-17)29-20(30-23)13-31(24)11-16-6-2-3-7-18(16)25/h2-10,12,14H,11,13H2,1H3,(H,29,30). The fourth-order valence-electron chi connectivity index (χ4n) is 3.62. The lowest BCUT2D eigenvalue weighted by Gasteiger charge is -2.16. The first-order valence-electron chi connectivity index (χ1n) is 10.1. The summed E-state index contributed by atoms with van der Waals surface area (Å²) in [6.07, 6.45) is 3.38. The molecule has 0 fully saturated rings. The number of aromatic nitrogens is 6. The van der Waals surface area contributed by atoms with Gasteiger partial charge in [-0.25, -0.2) is 18.9 Å². The van der Waals surface area contributed by atoms with Gasteiger partial charge in [0.05, 0.1) is 17.1 Å². The lowest BCUT2D eigenvalue weighted by molar-refractivity contribution is 0.421. The summed E-state index contributed by atoms with van der Waals surface area (Å²) < 4.78 is 15.7. The fourth-order valence-corrected chi connectivity index (χ4v) is 3.62. The van der Waals surface area contributed by atoms with Crippen LogP contribution in [0.3, 0.4) is 0 Å². The summed E-state index contributed by atoms with van der Waals surface area (Å²) in [5, 5.41) is 4.22. The second-order valence-electron chi connectivity index (χ2n) is 7.55. The van der Waals surface area contributed by atoms with E-state index in [1.54, 1.807) is 22.7 Å². The van der Waals surface area contributed by atoms with Gasteiger partial charge in [0.15, 0.2) is 13.6 Å². The Bertz CT molecular complexity index is 1390. The molecule has 9 heteroatoms. The van der Waals surface area contributed by atoms with Crippen LogP contribution in [0.2, 0.25) is 0 Å². The Balaban J connectivity index is 1.51. The highest BCUT2D eigenvalue weighted by atomic mass is 19.1. The predicted molar refractivity (Wildman–Crippen MR) is 120 cm³/mol. The first-order chi connectivity index (χ1) is 15.6. The predicted octanol–water partition coefficient (Wildman–Crippen LogP) is 3.71. The molecule has 0 bridgehead atoms. The molecule has 1 N–H and O–H groups in total. The van der Waals surface area contributed by atoms with E-state index in [0.29, 0.717) is 17.9 Å². The van der Waals surface area contributed by atoms with E-state index in [1.165, 1.54) is 17.2 Å². The molecule has 0 aliphatic heterocycles. The molecule has 32 heavy (non-hydrogen) atoms. The largest absolute Gasteiger partial charge is 0.344 e. The molecule has 0 amide bonds. The van der Waals surface area contributed by atoms with Gasteiger partial charge >= 0.3 is 0 Å². The van der Waals surface area contributed by atoms with Gasteiger partial charge in [-0.3, -0.25) is 4.98 Å². The van der Waals surface area contributed by atoms with Gasteiger partial charge in [0, 0.05) is 36.1 Å².